The molecule has 0 bridgehead atoms. The number of piperidine rings is 2. The molecule has 3 aromatic carbocycles. The van der Waals surface area contributed by atoms with Crippen LogP contribution in [0.5, 0.6) is 11.5 Å². The maximum atomic E-state index is 13.6. The van der Waals surface area contributed by atoms with E-state index in [0.717, 1.165) is 70.2 Å². The second-order valence-corrected chi connectivity index (χ2v) is 17.0. The number of hydrogen-bond acceptors (Lipinski definition) is 10. The molecule has 0 saturated carbocycles. The summed E-state index contributed by atoms with van der Waals surface area (Å²) in [6, 6.07) is 22.2. The van der Waals surface area contributed by atoms with Crippen molar-refractivity contribution in [2.75, 3.05) is 13.1 Å². The number of fused-ring (bicyclic) bond motifs is 1. The highest BCUT2D eigenvalue weighted by Crippen LogP contribution is 2.38. The van der Waals surface area contributed by atoms with Crippen molar-refractivity contribution in [3.63, 3.8) is 0 Å². The molecule has 328 valence electrons. The Bertz CT molecular complexity index is 2840. The van der Waals surface area contributed by atoms with Crippen LogP contribution in [0.25, 0.3) is 27.9 Å². The van der Waals surface area contributed by atoms with E-state index in [1.807, 2.05) is 40.1 Å². The molecule has 2 aliphatic rings. The summed E-state index contributed by atoms with van der Waals surface area (Å²) in [4.78, 5) is 50.2. The number of nitrogens with zero attached hydrogens (tertiary/aromatic N) is 6. The molecule has 2 aliphatic heterocycles. The van der Waals surface area contributed by atoms with E-state index < -0.39 is 24.0 Å². The van der Waals surface area contributed by atoms with Crippen LogP contribution in [0.15, 0.2) is 96.3 Å². The average Bonchev–Trinajstić information content (AvgIpc) is 3.30. The van der Waals surface area contributed by atoms with Crippen LogP contribution in [0.4, 0.5) is 0 Å². The summed E-state index contributed by atoms with van der Waals surface area (Å²) < 4.78 is 14.3. The van der Waals surface area contributed by atoms with Crippen molar-refractivity contribution in [2.45, 2.75) is 90.8 Å². The molecular weight excluding hydrogens is 832 g/mol. The first-order chi connectivity index (χ1) is 31.0. The van der Waals surface area contributed by atoms with E-state index in [-0.39, 0.29) is 25.3 Å². The van der Waals surface area contributed by atoms with Crippen molar-refractivity contribution in [2.24, 2.45) is 0 Å². The molecule has 0 amide bonds. The first-order valence-electron chi connectivity index (χ1n) is 21.5. The van der Waals surface area contributed by atoms with Crippen LogP contribution >= 0.6 is 11.6 Å². The highest BCUT2D eigenvalue weighted by atomic mass is 35.5. The monoisotopic (exact) mass is 880 g/mol. The van der Waals surface area contributed by atoms with Gasteiger partial charge in [-0.15, -0.1) is 0 Å². The van der Waals surface area contributed by atoms with Crippen LogP contribution in [-0.2, 0) is 35.9 Å². The van der Waals surface area contributed by atoms with E-state index in [1.54, 1.807) is 36.8 Å². The number of pyridine rings is 2. The van der Waals surface area contributed by atoms with E-state index in [1.165, 1.54) is 10.6 Å². The van der Waals surface area contributed by atoms with E-state index in [0.29, 0.717) is 71.3 Å². The van der Waals surface area contributed by atoms with Gasteiger partial charge in [-0.2, -0.15) is 5.26 Å². The van der Waals surface area contributed by atoms with Crippen molar-refractivity contribution < 1.29 is 29.3 Å². The number of aromatic nitrogens is 3. The third kappa shape index (κ3) is 9.50. The van der Waals surface area contributed by atoms with Crippen LogP contribution in [0, 0.1) is 25.2 Å². The lowest BCUT2D eigenvalue weighted by atomic mass is 9.90. The Morgan fingerprint density at radius 2 is 1.42 bits per heavy atom. The lowest BCUT2D eigenvalue weighted by Gasteiger charge is -2.33. The minimum absolute atomic E-state index is 0.128. The first-order valence-corrected chi connectivity index (χ1v) is 21.9. The van der Waals surface area contributed by atoms with Crippen molar-refractivity contribution in [1.82, 2.24) is 24.2 Å². The summed E-state index contributed by atoms with van der Waals surface area (Å²) in [5.41, 5.74) is 9.60. The molecule has 0 spiro atoms. The molecule has 2 atom stereocenters. The van der Waals surface area contributed by atoms with Crippen molar-refractivity contribution in [3.8, 4) is 39.8 Å². The number of carboxylic acids is 2. The number of halogens is 1. The fraction of sp³-hybridized carbons (Fsp3) is 0.320. The average molecular weight is 881 g/mol. The SMILES string of the molecule is Cc1c(COc2cc(OCc3cncc(C#N)c3)c(CN3CCCC[C@H]3C(=O)O)cc2Cl)cccc1-c1cccc(-c2ccn3c(=O)c(CN4CCCC[C@H]4C(=O)O)cnc3c2)c1C. The van der Waals surface area contributed by atoms with E-state index in [4.69, 9.17) is 21.1 Å². The Balaban J connectivity index is 1.03. The number of likely N-dealkylation sites (tertiary alicyclic amines) is 2. The van der Waals surface area contributed by atoms with Crippen LogP contribution in [0.1, 0.15) is 77.5 Å². The summed E-state index contributed by atoms with van der Waals surface area (Å²) in [5.74, 6) is -0.811. The molecule has 2 N–H and O–H groups in total. The molecule has 5 heterocycles. The smallest absolute Gasteiger partial charge is 0.320 e. The van der Waals surface area contributed by atoms with Gasteiger partial charge in [-0.05, 0) is 116 Å². The standard InChI is InChI=1S/C50H49ClN6O7/c1-31-36(30-64-46-22-45(63-29-34-19-33(23-52)24-53-25-34)37(20-42(46)51)27-55-16-5-3-13-43(55)49(59)60)9-7-11-40(31)41-12-8-10-39(32(41)2)35-15-18-57-47(21-35)54-26-38(48(57)58)28-56-17-6-4-14-44(56)50(61)62/h7-12,15,18-22,24-26,43-44H,3-6,13-14,16-17,27-30H2,1-2H3,(H,59,60)(H,61,62)/t43-,44-/m0/s1. The molecule has 64 heavy (non-hydrogen) atoms. The molecule has 3 aromatic heterocycles. The van der Waals surface area contributed by atoms with Gasteiger partial charge in [0.1, 0.15) is 48.5 Å². The summed E-state index contributed by atoms with van der Waals surface area (Å²) in [6.07, 6.45) is 11.1. The van der Waals surface area contributed by atoms with Gasteiger partial charge in [0, 0.05) is 55.1 Å². The van der Waals surface area contributed by atoms with E-state index in [2.05, 4.69) is 48.1 Å². The van der Waals surface area contributed by atoms with Crippen LogP contribution in [0.3, 0.4) is 0 Å². The lowest BCUT2D eigenvalue weighted by molar-refractivity contribution is -0.145. The number of hydrogen-bond donors (Lipinski definition) is 2. The third-order valence-corrected chi connectivity index (χ3v) is 12.8. The Labute approximate surface area is 376 Å². The summed E-state index contributed by atoms with van der Waals surface area (Å²) in [5, 5.41) is 29.5. The number of rotatable bonds is 14. The fourth-order valence-corrected chi connectivity index (χ4v) is 9.25. The zero-order chi connectivity index (χ0) is 44.9. The largest absolute Gasteiger partial charge is 0.488 e. The highest BCUT2D eigenvalue weighted by molar-refractivity contribution is 6.32. The second kappa shape index (κ2) is 19.4. The molecule has 0 unspecified atom stereocenters. The normalized spacial score (nSPS) is 16.9. The first kappa shape index (κ1) is 44.0. The predicted molar refractivity (Wildman–Crippen MR) is 242 cm³/mol. The molecule has 13 nitrogen and oxygen atoms in total. The van der Waals surface area contributed by atoms with Gasteiger partial charge in [-0.3, -0.25) is 33.6 Å². The van der Waals surface area contributed by atoms with Gasteiger partial charge in [0.05, 0.1) is 16.1 Å². The van der Waals surface area contributed by atoms with Crippen LogP contribution in [0.2, 0.25) is 5.02 Å². The predicted octanol–water partition coefficient (Wildman–Crippen LogP) is 8.60. The van der Waals surface area contributed by atoms with Crippen LogP contribution in [-0.4, -0.2) is 71.5 Å². The van der Waals surface area contributed by atoms with Gasteiger partial charge in [-0.25, -0.2) is 4.98 Å². The Hall–Kier alpha value is -6.59. The number of ether oxygens (including phenoxy) is 2. The fourth-order valence-electron chi connectivity index (χ4n) is 9.01. The van der Waals surface area contributed by atoms with Gasteiger partial charge < -0.3 is 19.7 Å². The molecule has 14 heteroatoms. The number of carboxylic acid groups (broad SMARTS) is 2. The Morgan fingerprint density at radius 3 is 2.12 bits per heavy atom. The van der Waals surface area contributed by atoms with Gasteiger partial charge in [0.2, 0.25) is 0 Å². The highest BCUT2D eigenvalue weighted by Gasteiger charge is 2.31. The maximum absolute atomic E-state index is 13.6. The quantitative estimate of drug-likeness (QED) is 0.107. The Morgan fingerprint density at radius 1 is 0.766 bits per heavy atom. The third-order valence-electron chi connectivity index (χ3n) is 12.5. The summed E-state index contributed by atoms with van der Waals surface area (Å²) in [6.45, 7) is 6.30. The van der Waals surface area contributed by atoms with E-state index in [9.17, 15) is 29.9 Å². The van der Waals surface area contributed by atoms with Gasteiger partial charge in [0.15, 0.2) is 0 Å². The second-order valence-electron chi connectivity index (χ2n) is 16.6. The molecule has 8 rings (SSSR count). The number of nitriles is 1. The molecule has 0 aliphatic carbocycles. The molecule has 6 aromatic rings. The number of carbonyl (C=O) groups is 2. The minimum atomic E-state index is -0.864. The van der Waals surface area contributed by atoms with Gasteiger partial charge in [0.25, 0.3) is 5.56 Å². The molecule has 2 saturated heterocycles. The minimum Gasteiger partial charge on any atom is -0.488 e. The molecule has 2 fully saturated rings. The molecule has 0 radical (unpaired) electrons. The van der Waals surface area contributed by atoms with Crippen molar-refractivity contribution in [3.05, 3.63) is 146 Å². The zero-order valence-corrected chi connectivity index (χ0v) is 36.6. The van der Waals surface area contributed by atoms with Gasteiger partial charge >= 0.3 is 11.9 Å². The van der Waals surface area contributed by atoms with Crippen molar-refractivity contribution in [1.29, 1.82) is 5.26 Å². The van der Waals surface area contributed by atoms with Gasteiger partial charge in [-0.1, -0.05) is 60.8 Å². The summed E-state index contributed by atoms with van der Waals surface area (Å²) in [7, 11) is 0. The topological polar surface area (TPSA) is 171 Å². The van der Waals surface area contributed by atoms with E-state index >= 15 is 0 Å². The number of benzene rings is 3. The van der Waals surface area contributed by atoms with Crippen molar-refractivity contribution >= 4 is 29.2 Å². The lowest BCUT2D eigenvalue weighted by Crippen LogP contribution is -2.45. The number of aliphatic carboxylic acids is 2. The maximum Gasteiger partial charge on any atom is 0.320 e. The van der Waals surface area contributed by atoms with Crippen LogP contribution < -0.4 is 15.0 Å². The molecular formula is C50H49ClN6O7. The Kier molecular flexibility index (Phi) is 13.4. The zero-order valence-electron chi connectivity index (χ0n) is 35.8. The summed E-state index contributed by atoms with van der Waals surface area (Å²) >= 11 is 6.91.